The molecule has 3 aromatic rings. The lowest BCUT2D eigenvalue weighted by atomic mass is 9.81. The molecule has 9 nitrogen and oxygen atoms in total. The molecule has 0 radical (unpaired) electrons. The fourth-order valence-electron chi connectivity index (χ4n) is 8.27. The second kappa shape index (κ2) is 12.1. The highest BCUT2D eigenvalue weighted by atomic mass is 28.3. The van der Waals surface area contributed by atoms with Crippen molar-refractivity contribution in [1.82, 2.24) is 14.2 Å². The van der Waals surface area contributed by atoms with E-state index >= 15 is 0 Å². The van der Waals surface area contributed by atoms with Crippen molar-refractivity contribution >= 4 is 25.2 Å². The first kappa shape index (κ1) is 32.4. The van der Waals surface area contributed by atoms with Crippen LogP contribution in [0.15, 0.2) is 24.5 Å². The number of carbonyl (C=O) groups excluding carboxylic acids is 1. The number of carbonyl (C=O) groups is 1. The van der Waals surface area contributed by atoms with E-state index in [0.717, 1.165) is 17.6 Å². The summed E-state index contributed by atoms with van der Waals surface area (Å²) in [4.78, 5) is 25.0. The first-order valence-corrected chi connectivity index (χ1v) is 18.1. The Hall–Kier alpha value is -2.95. The maximum Gasteiger partial charge on any atom is 0.203 e. The number of Topliss-reactive ketones (excluding diaryl/α,β-unsaturated/α-hetero) is 1. The summed E-state index contributed by atoms with van der Waals surface area (Å²) in [5.74, 6) is 0.956. The number of ether oxygens (including phenoxy) is 5. The van der Waals surface area contributed by atoms with Gasteiger partial charge in [-0.2, -0.15) is 0 Å². The second-order valence-electron chi connectivity index (χ2n) is 13.6. The molecule has 1 spiro atoms. The lowest BCUT2D eigenvalue weighted by Crippen LogP contribution is -2.51. The number of rotatable bonds is 10. The third-order valence-electron chi connectivity index (χ3n) is 10.2. The number of methoxy groups -OCH3 is 3. The fraction of sp³-hybridized carbons (Fsp3) is 0.618. The van der Waals surface area contributed by atoms with E-state index in [1.54, 1.807) is 27.5 Å². The van der Waals surface area contributed by atoms with E-state index < -0.39 is 19.4 Å². The van der Waals surface area contributed by atoms with Crippen LogP contribution < -0.4 is 14.2 Å². The summed E-state index contributed by atoms with van der Waals surface area (Å²) in [6.45, 7) is 17.3. The Bertz CT molecular complexity index is 1480. The topological polar surface area (TPSA) is 93.9 Å². The first-order chi connectivity index (χ1) is 20.9. The van der Waals surface area contributed by atoms with E-state index in [-0.39, 0.29) is 5.78 Å². The molecule has 3 heterocycles. The average molecular weight is 624 g/mol. The van der Waals surface area contributed by atoms with Crippen LogP contribution in [0.5, 0.6) is 17.2 Å². The third kappa shape index (κ3) is 5.12. The van der Waals surface area contributed by atoms with Gasteiger partial charge in [0.15, 0.2) is 37.0 Å². The number of ketones is 1. The van der Waals surface area contributed by atoms with Gasteiger partial charge in [0.25, 0.3) is 0 Å². The van der Waals surface area contributed by atoms with Crippen molar-refractivity contribution < 1.29 is 28.5 Å². The maximum absolute atomic E-state index is 14.8. The van der Waals surface area contributed by atoms with Crippen LogP contribution in [0.4, 0.5) is 0 Å². The summed E-state index contributed by atoms with van der Waals surface area (Å²) in [6, 6.07) is 3.73. The lowest BCUT2D eigenvalue weighted by Gasteiger charge is -2.44. The molecule has 240 valence electrons. The summed E-state index contributed by atoms with van der Waals surface area (Å²) < 4.78 is 31.5. The predicted molar refractivity (Wildman–Crippen MR) is 175 cm³/mol. The molecule has 0 N–H and O–H groups in total. The van der Waals surface area contributed by atoms with Crippen LogP contribution in [-0.4, -0.2) is 68.5 Å². The molecule has 1 aliphatic carbocycles. The van der Waals surface area contributed by atoms with E-state index in [9.17, 15) is 4.79 Å². The summed E-state index contributed by atoms with van der Waals surface area (Å²) in [7, 11) is 2.49. The molecule has 0 amide bonds. The van der Waals surface area contributed by atoms with Gasteiger partial charge in [0.2, 0.25) is 5.75 Å². The molecule has 1 saturated carbocycles. The van der Waals surface area contributed by atoms with Crippen LogP contribution in [-0.2, 0) is 9.47 Å². The third-order valence-corrected chi connectivity index (χ3v) is 16.9. The van der Waals surface area contributed by atoms with Gasteiger partial charge in [-0.1, -0.05) is 48.5 Å². The van der Waals surface area contributed by atoms with Gasteiger partial charge in [-0.05, 0) is 41.6 Å². The van der Waals surface area contributed by atoms with Gasteiger partial charge in [0, 0.05) is 30.0 Å². The van der Waals surface area contributed by atoms with Crippen molar-refractivity contribution in [3.8, 4) is 28.5 Å². The summed E-state index contributed by atoms with van der Waals surface area (Å²) in [5, 5.41) is 0. The van der Waals surface area contributed by atoms with Crippen molar-refractivity contribution in [2.24, 2.45) is 5.41 Å². The molecule has 44 heavy (non-hydrogen) atoms. The number of benzene rings is 1. The van der Waals surface area contributed by atoms with Crippen LogP contribution in [0.2, 0.25) is 16.6 Å². The Labute approximate surface area is 262 Å². The van der Waals surface area contributed by atoms with Gasteiger partial charge in [0.05, 0.1) is 52.0 Å². The highest BCUT2D eigenvalue weighted by Crippen LogP contribution is 2.51. The quantitative estimate of drug-likeness (QED) is 0.168. The lowest BCUT2D eigenvalue weighted by molar-refractivity contribution is -0.264. The number of aromatic nitrogens is 3. The Morgan fingerprint density at radius 1 is 0.932 bits per heavy atom. The summed E-state index contributed by atoms with van der Waals surface area (Å²) in [5.41, 5.74) is 4.00. The number of hydrogen-bond donors (Lipinski definition) is 0. The fourth-order valence-corrected chi connectivity index (χ4v) is 14.8. The molecule has 10 heteroatoms. The molecular weight excluding hydrogens is 574 g/mol. The molecule has 0 bridgehead atoms. The van der Waals surface area contributed by atoms with Crippen LogP contribution in [0, 0.1) is 5.41 Å². The van der Waals surface area contributed by atoms with E-state index in [2.05, 4.69) is 58.9 Å². The van der Waals surface area contributed by atoms with E-state index in [1.807, 2.05) is 12.1 Å². The molecule has 1 aliphatic heterocycles. The van der Waals surface area contributed by atoms with Gasteiger partial charge >= 0.3 is 0 Å². The normalized spacial score (nSPS) is 20.3. The van der Waals surface area contributed by atoms with E-state index in [4.69, 9.17) is 33.7 Å². The molecule has 1 unspecified atom stereocenters. The predicted octanol–water partition coefficient (Wildman–Crippen LogP) is 7.65. The van der Waals surface area contributed by atoms with Crippen LogP contribution >= 0.6 is 0 Å². The van der Waals surface area contributed by atoms with Gasteiger partial charge in [-0.15, -0.1) is 0 Å². The molecule has 2 fully saturated rings. The van der Waals surface area contributed by atoms with Gasteiger partial charge in [0.1, 0.15) is 5.52 Å². The highest BCUT2D eigenvalue weighted by Gasteiger charge is 2.53. The molecule has 1 aromatic carbocycles. The molecule has 1 atom stereocenters. The van der Waals surface area contributed by atoms with Crippen LogP contribution in [0.1, 0.15) is 84.5 Å². The number of fused-ring (bicyclic) bond motifs is 1. The zero-order valence-electron chi connectivity index (χ0n) is 28.1. The van der Waals surface area contributed by atoms with E-state index in [1.165, 1.54) is 0 Å². The second-order valence-corrected chi connectivity index (χ2v) is 19.4. The largest absolute Gasteiger partial charge is 0.493 e. The zero-order chi connectivity index (χ0) is 32.0. The van der Waals surface area contributed by atoms with Gasteiger partial charge < -0.3 is 27.9 Å². The number of nitrogens with zero attached hydrogens (tertiary/aromatic N) is 3. The molecule has 5 rings (SSSR count). The number of hydrogen-bond acceptors (Lipinski definition) is 8. The SMILES string of the molecule is COc1cc(-c2cnc3c(n2)c(C(=O)C2(C)CCC4(C2)OCCCO4)cn3[Si](C(C)C)(C(C)C)C(C)C)cc(OC)c1OC. The van der Waals surface area contributed by atoms with Crippen LogP contribution in [0.25, 0.3) is 22.4 Å². The minimum absolute atomic E-state index is 0.0754. The van der Waals surface area contributed by atoms with Gasteiger partial charge in [-0.25, -0.2) is 9.97 Å². The van der Waals surface area contributed by atoms with Crippen molar-refractivity contribution in [3.05, 3.63) is 30.1 Å². The minimum Gasteiger partial charge on any atom is -0.493 e. The van der Waals surface area contributed by atoms with Crippen molar-refractivity contribution in [2.45, 2.75) is 96.6 Å². The van der Waals surface area contributed by atoms with Crippen molar-refractivity contribution in [3.63, 3.8) is 0 Å². The summed E-state index contributed by atoms with van der Waals surface area (Å²) in [6.07, 6.45) is 6.71. The zero-order valence-corrected chi connectivity index (χ0v) is 29.1. The average Bonchev–Trinajstić information content (AvgIpc) is 3.54. The monoisotopic (exact) mass is 623 g/mol. The minimum atomic E-state index is -2.28. The smallest absolute Gasteiger partial charge is 0.203 e. The van der Waals surface area contributed by atoms with Crippen LogP contribution in [0.3, 0.4) is 0 Å². The van der Waals surface area contributed by atoms with Crippen molar-refractivity contribution in [2.75, 3.05) is 34.5 Å². The standard InChI is InChI=1S/C34H49N3O6Si/c1-21(2)44(22(3)4,23(5)6)37-19-25(31(38)33(7)12-13-34(20-33)42-14-11-15-43-34)29-32(37)35-18-26(36-29)24-16-27(39-8)30(41-10)28(17-24)40-9/h16-19,21-23H,11-15,20H2,1-10H3. The molecule has 2 aromatic heterocycles. The maximum atomic E-state index is 14.8. The van der Waals surface area contributed by atoms with Crippen molar-refractivity contribution in [1.29, 1.82) is 0 Å². The van der Waals surface area contributed by atoms with E-state index in [0.29, 0.717) is 83.1 Å². The first-order valence-electron chi connectivity index (χ1n) is 15.9. The molecule has 2 aliphatic rings. The Balaban J connectivity index is 1.73. The Morgan fingerprint density at radius 2 is 1.52 bits per heavy atom. The molecule has 1 saturated heterocycles. The molecular formula is C34H49N3O6Si. The Kier molecular flexibility index (Phi) is 8.92. The highest BCUT2D eigenvalue weighted by molar-refractivity contribution is 6.82. The Morgan fingerprint density at radius 3 is 2.05 bits per heavy atom. The van der Waals surface area contributed by atoms with Gasteiger partial charge in [-0.3, -0.25) is 4.79 Å². The summed E-state index contributed by atoms with van der Waals surface area (Å²) >= 11 is 0.